The smallest absolute Gasteiger partial charge is 0.408 e. The van der Waals surface area contributed by atoms with Gasteiger partial charge < -0.3 is 20.3 Å². The Morgan fingerprint density at radius 2 is 1.56 bits per heavy atom. The van der Waals surface area contributed by atoms with Crippen LogP contribution in [0.4, 0.5) is 4.79 Å². The predicted molar refractivity (Wildman–Crippen MR) is 157 cm³/mol. The van der Waals surface area contributed by atoms with Gasteiger partial charge in [-0.15, -0.1) is 0 Å². The summed E-state index contributed by atoms with van der Waals surface area (Å²) in [5, 5.41) is 6.13. The summed E-state index contributed by atoms with van der Waals surface area (Å²) < 4.78 is 5.51. The fourth-order valence-electron chi connectivity index (χ4n) is 5.14. The minimum atomic E-state index is -0.828. The first-order valence-corrected chi connectivity index (χ1v) is 14.9. The zero-order valence-corrected chi connectivity index (χ0v) is 25.9. The Hall–Kier alpha value is -2.57. The number of carbonyl (C=O) groups excluding carboxylic acids is 3. The van der Waals surface area contributed by atoms with E-state index in [4.69, 9.17) is 4.74 Å². The van der Waals surface area contributed by atoms with Crippen LogP contribution in [0.5, 0.6) is 0 Å². The van der Waals surface area contributed by atoms with Crippen LogP contribution in [0.25, 0.3) is 0 Å². The van der Waals surface area contributed by atoms with Crippen molar-refractivity contribution >= 4 is 17.9 Å². The molecule has 1 aromatic carbocycles. The van der Waals surface area contributed by atoms with Crippen molar-refractivity contribution in [1.82, 2.24) is 15.5 Å². The predicted octanol–water partition coefficient (Wildman–Crippen LogP) is 6.70. The monoisotopic (exact) mass is 543 g/mol. The summed E-state index contributed by atoms with van der Waals surface area (Å²) in [5.41, 5.74) is 0.597. The number of benzene rings is 1. The van der Waals surface area contributed by atoms with Gasteiger partial charge in [0.1, 0.15) is 17.7 Å². The van der Waals surface area contributed by atoms with Crippen molar-refractivity contribution in [3.05, 3.63) is 35.4 Å². The second-order valence-electron chi connectivity index (χ2n) is 13.0. The molecule has 2 N–H and O–H groups in total. The van der Waals surface area contributed by atoms with E-state index in [1.54, 1.807) is 25.7 Å². The number of ether oxygens (including phenoxy) is 1. The second kappa shape index (κ2) is 14.2. The molecule has 1 aliphatic rings. The minimum Gasteiger partial charge on any atom is -0.444 e. The molecule has 0 radical (unpaired) electrons. The zero-order valence-electron chi connectivity index (χ0n) is 25.9. The molecular formula is C32H53N3O4. The van der Waals surface area contributed by atoms with Crippen molar-refractivity contribution in [1.29, 1.82) is 0 Å². The largest absolute Gasteiger partial charge is 0.444 e. The summed E-state index contributed by atoms with van der Waals surface area (Å²) in [4.78, 5) is 43.1. The van der Waals surface area contributed by atoms with Gasteiger partial charge in [0.05, 0.1) is 0 Å². The topological polar surface area (TPSA) is 87.7 Å². The average Bonchev–Trinajstić information content (AvgIpc) is 2.85. The van der Waals surface area contributed by atoms with E-state index in [0.717, 1.165) is 37.7 Å². The van der Waals surface area contributed by atoms with Crippen LogP contribution in [-0.4, -0.2) is 46.0 Å². The van der Waals surface area contributed by atoms with E-state index in [1.807, 2.05) is 58.9 Å². The maximum atomic E-state index is 14.5. The Morgan fingerprint density at radius 1 is 0.974 bits per heavy atom. The van der Waals surface area contributed by atoms with Gasteiger partial charge in [-0.3, -0.25) is 9.59 Å². The van der Waals surface area contributed by atoms with Gasteiger partial charge in [-0.05, 0) is 83.8 Å². The number of amides is 3. The Balaban J connectivity index is 2.56. The first-order chi connectivity index (χ1) is 18.2. The van der Waals surface area contributed by atoms with Crippen LogP contribution >= 0.6 is 0 Å². The van der Waals surface area contributed by atoms with Gasteiger partial charge >= 0.3 is 6.09 Å². The van der Waals surface area contributed by atoms with E-state index in [1.165, 1.54) is 12.0 Å². The fraction of sp³-hybridized carbons (Fsp3) is 0.719. The summed E-state index contributed by atoms with van der Waals surface area (Å²) >= 11 is 0. The standard InChI is InChI=1S/C32H53N3O4/c1-10-23-17-19-24(20-18-23)27(28(36)33-25-15-13-12-14-16-25)35(32(8,9)11-2)29(37)26(21-22(3)4)34-30(38)39-31(5,6)7/h17-20,22,25-27H,10-16,21H2,1-9H3,(H,33,36)(H,34,38). The van der Waals surface area contributed by atoms with E-state index in [-0.39, 0.29) is 23.8 Å². The molecule has 7 nitrogen and oxygen atoms in total. The molecule has 0 aromatic heterocycles. The number of aryl methyl sites for hydroxylation is 1. The molecule has 2 atom stereocenters. The van der Waals surface area contributed by atoms with E-state index in [9.17, 15) is 14.4 Å². The van der Waals surface area contributed by atoms with E-state index in [0.29, 0.717) is 12.8 Å². The second-order valence-corrected chi connectivity index (χ2v) is 13.0. The first kappa shape index (κ1) is 32.6. The summed E-state index contributed by atoms with van der Waals surface area (Å²) in [6, 6.07) is 6.45. The molecule has 0 aliphatic heterocycles. The quantitative estimate of drug-likeness (QED) is 0.325. The highest BCUT2D eigenvalue weighted by molar-refractivity contribution is 5.92. The summed E-state index contributed by atoms with van der Waals surface area (Å²) in [6.45, 7) is 17.5. The van der Waals surface area contributed by atoms with Gasteiger partial charge in [-0.1, -0.05) is 71.2 Å². The van der Waals surface area contributed by atoms with Gasteiger partial charge in [0.15, 0.2) is 0 Å². The molecule has 2 unspecified atom stereocenters. The lowest BCUT2D eigenvalue weighted by molar-refractivity contribution is -0.150. The Kier molecular flexibility index (Phi) is 11.9. The molecule has 220 valence electrons. The molecule has 1 aliphatic carbocycles. The third-order valence-corrected chi connectivity index (χ3v) is 7.61. The van der Waals surface area contributed by atoms with Crippen LogP contribution in [0.3, 0.4) is 0 Å². The number of nitrogens with one attached hydrogen (secondary N) is 2. The molecule has 0 bridgehead atoms. The molecule has 1 saturated carbocycles. The summed E-state index contributed by atoms with van der Waals surface area (Å²) in [6.07, 6.45) is 6.61. The Bertz CT molecular complexity index is 943. The molecule has 1 fully saturated rings. The number of nitrogens with zero attached hydrogens (tertiary/aromatic N) is 1. The highest BCUT2D eigenvalue weighted by atomic mass is 16.6. The average molecular weight is 544 g/mol. The van der Waals surface area contributed by atoms with Gasteiger partial charge in [-0.25, -0.2) is 4.79 Å². The molecule has 39 heavy (non-hydrogen) atoms. The van der Waals surface area contributed by atoms with Gasteiger partial charge in [0.25, 0.3) is 0 Å². The van der Waals surface area contributed by atoms with Crippen LogP contribution in [0.2, 0.25) is 0 Å². The van der Waals surface area contributed by atoms with E-state index in [2.05, 4.69) is 17.6 Å². The lowest BCUT2D eigenvalue weighted by atomic mass is 9.89. The number of rotatable bonds is 11. The van der Waals surface area contributed by atoms with Crippen LogP contribution in [-0.2, 0) is 20.7 Å². The van der Waals surface area contributed by atoms with Gasteiger partial charge in [0, 0.05) is 11.6 Å². The Labute approximate surface area is 236 Å². The van der Waals surface area contributed by atoms with Crippen molar-refractivity contribution in [3.8, 4) is 0 Å². The molecule has 2 rings (SSSR count). The lowest BCUT2D eigenvalue weighted by Crippen LogP contribution is -2.60. The lowest BCUT2D eigenvalue weighted by Gasteiger charge is -2.45. The normalized spacial score (nSPS) is 16.4. The molecule has 0 saturated heterocycles. The summed E-state index contributed by atoms with van der Waals surface area (Å²) in [5.74, 6) is -0.301. The minimum absolute atomic E-state index is 0.108. The first-order valence-electron chi connectivity index (χ1n) is 14.9. The number of alkyl carbamates (subject to hydrolysis) is 1. The van der Waals surface area contributed by atoms with E-state index < -0.39 is 29.3 Å². The number of hydrogen-bond donors (Lipinski definition) is 2. The van der Waals surface area contributed by atoms with Crippen molar-refractivity contribution in [2.24, 2.45) is 5.92 Å². The maximum Gasteiger partial charge on any atom is 0.408 e. The number of hydrogen-bond acceptors (Lipinski definition) is 4. The van der Waals surface area contributed by atoms with Crippen LogP contribution in [0.1, 0.15) is 124 Å². The van der Waals surface area contributed by atoms with Crippen LogP contribution in [0.15, 0.2) is 24.3 Å². The van der Waals surface area contributed by atoms with Crippen molar-refractivity contribution in [3.63, 3.8) is 0 Å². The Morgan fingerprint density at radius 3 is 2.05 bits per heavy atom. The highest BCUT2D eigenvalue weighted by Gasteiger charge is 2.43. The fourth-order valence-corrected chi connectivity index (χ4v) is 5.14. The van der Waals surface area contributed by atoms with Gasteiger partial charge in [-0.2, -0.15) is 0 Å². The maximum absolute atomic E-state index is 14.5. The van der Waals surface area contributed by atoms with Crippen molar-refractivity contribution in [2.75, 3.05) is 0 Å². The molecule has 0 heterocycles. The van der Waals surface area contributed by atoms with Crippen LogP contribution < -0.4 is 10.6 Å². The highest BCUT2D eigenvalue weighted by Crippen LogP contribution is 2.33. The SMILES string of the molecule is CCc1ccc(C(C(=O)NC2CCCCC2)N(C(=O)C(CC(C)C)NC(=O)OC(C)(C)C)C(C)(C)CC)cc1. The molecule has 7 heteroatoms. The van der Waals surface area contributed by atoms with E-state index >= 15 is 0 Å². The third kappa shape index (κ3) is 9.84. The third-order valence-electron chi connectivity index (χ3n) is 7.61. The van der Waals surface area contributed by atoms with Crippen LogP contribution in [0, 0.1) is 5.92 Å². The molecule has 0 spiro atoms. The number of carbonyl (C=O) groups is 3. The van der Waals surface area contributed by atoms with Crippen molar-refractivity contribution in [2.45, 2.75) is 143 Å². The molecule has 1 aromatic rings. The van der Waals surface area contributed by atoms with Crippen molar-refractivity contribution < 1.29 is 19.1 Å². The van der Waals surface area contributed by atoms with Gasteiger partial charge in [0.2, 0.25) is 11.8 Å². The summed E-state index contributed by atoms with van der Waals surface area (Å²) in [7, 11) is 0. The zero-order chi connectivity index (χ0) is 29.4. The molecule has 3 amide bonds. The molecular weight excluding hydrogens is 490 g/mol.